The first-order valence-electron chi connectivity index (χ1n) is 5.09. The van der Waals surface area contributed by atoms with Gasteiger partial charge in [0.15, 0.2) is 0 Å². The molecule has 0 radical (unpaired) electrons. The molecule has 2 aromatic rings. The van der Waals surface area contributed by atoms with Crippen LogP contribution in [0, 0.1) is 18.3 Å². The van der Waals surface area contributed by atoms with Gasteiger partial charge in [-0.25, -0.2) is 4.39 Å². The summed E-state index contributed by atoms with van der Waals surface area (Å²) in [5, 5.41) is 10.5. The topological polar surface area (TPSA) is 59.0 Å². The molecule has 0 bridgehead atoms. The van der Waals surface area contributed by atoms with Crippen LogP contribution in [0.1, 0.15) is 11.1 Å². The van der Waals surface area contributed by atoms with E-state index in [1.54, 1.807) is 24.3 Å². The fraction of sp³-hybridized carbons (Fsp3) is 0.154. The summed E-state index contributed by atoms with van der Waals surface area (Å²) in [5.74, 6) is 0.282. The monoisotopic (exact) mass is 230 g/mol. The van der Waals surface area contributed by atoms with E-state index in [9.17, 15) is 4.39 Å². The summed E-state index contributed by atoms with van der Waals surface area (Å²) in [7, 11) is 0. The molecular weight excluding hydrogens is 219 g/mol. The van der Waals surface area contributed by atoms with Crippen LogP contribution in [0.4, 0.5) is 10.1 Å². The molecule has 0 unspecified atom stereocenters. The number of hydrogen-bond donors (Lipinski definition) is 1. The van der Waals surface area contributed by atoms with Crippen molar-refractivity contribution >= 4 is 16.5 Å². The van der Waals surface area contributed by atoms with Crippen molar-refractivity contribution in [3.63, 3.8) is 0 Å². The van der Waals surface area contributed by atoms with Gasteiger partial charge in [0, 0.05) is 11.1 Å². The van der Waals surface area contributed by atoms with E-state index in [0.29, 0.717) is 11.3 Å². The molecule has 0 aliphatic carbocycles. The number of anilines is 1. The minimum Gasteiger partial charge on any atom is -0.461 e. The zero-order valence-electron chi connectivity index (χ0n) is 9.33. The van der Waals surface area contributed by atoms with Crippen molar-refractivity contribution in [1.82, 2.24) is 0 Å². The minimum absolute atomic E-state index is 0.282. The summed E-state index contributed by atoms with van der Waals surface area (Å²) in [6.45, 7) is 0.891. The molecule has 0 aromatic heterocycles. The van der Waals surface area contributed by atoms with Crippen molar-refractivity contribution in [3.05, 3.63) is 35.4 Å². The highest BCUT2D eigenvalue weighted by Gasteiger charge is 2.11. The van der Waals surface area contributed by atoms with Gasteiger partial charge in [0.25, 0.3) is 0 Å². The van der Waals surface area contributed by atoms with Crippen molar-refractivity contribution in [1.29, 1.82) is 5.26 Å². The normalized spacial score (nSPS) is 10.2. The lowest BCUT2D eigenvalue weighted by Gasteiger charge is -2.11. The summed E-state index contributed by atoms with van der Waals surface area (Å²) < 4.78 is 17.3. The number of nitriles is 1. The Morgan fingerprint density at radius 2 is 2.18 bits per heavy atom. The van der Waals surface area contributed by atoms with Gasteiger partial charge in [0.1, 0.15) is 11.8 Å². The average molecular weight is 230 g/mol. The van der Waals surface area contributed by atoms with Gasteiger partial charge in [-0.15, -0.1) is 0 Å². The van der Waals surface area contributed by atoms with Crippen LogP contribution in [0.25, 0.3) is 10.8 Å². The van der Waals surface area contributed by atoms with Crippen LogP contribution < -0.4 is 10.5 Å². The molecule has 0 atom stereocenters. The minimum atomic E-state index is -0.961. The van der Waals surface area contributed by atoms with E-state index in [4.69, 9.17) is 15.7 Å². The van der Waals surface area contributed by atoms with Gasteiger partial charge < -0.3 is 10.5 Å². The van der Waals surface area contributed by atoms with Crippen LogP contribution in [-0.2, 0) is 0 Å². The number of alkyl halides is 1. The van der Waals surface area contributed by atoms with Crippen LogP contribution in [0.3, 0.4) is 0 Å². The van der Waals surface area contributed by atoms with Gasteiger partial charge in [-0.05, 0) is 36.1 Å². The molecule has 0 saturated heterocycles. The lowest BCUT2D eigenvalue weighted by atomic mass is 10.0. The van der Waals surface area contributed by atoms with Crippen molar-refractivity contribution < 1.29 is 9.13 Å². The maximum Gasteiger partial charge on any atom is 0.228 e. The number of aryl methyl sites for hydroxylation is 1. The van der Waals surface area contributed by atoms with Gasteiger partial charge in [-0.1, -0.05) is 6.07 Å². The van der Waals surface area contributed by atoms with Crippen LogP contribution >= 0.6 is 0 Å². The quantitative estimate of drug-likeness (QED) is 0.807. The molecule has 0 aliphatic heterocycles. The van der Waals surface area contributed by atoms with E-state index in [0.717, 1.165) is 16.3 Å². The molecule has 0 heterocycles. The van der Waals surface area contributed by atoms with Gasteiger partial charge >= 0.3 is 0 Å². The second-order valence-electron chi connectivity index (χ2n) is 3.74. The fourth-order valence-electron chi connectivity index (χ4n) is 1.96. The summed E-state index contributed by atoms with van der Waals surface area (Å²) in [5.41, 5.74) is 7.55. The Morgan fingerprint density at radius 1 is 1.41 bits per heavy atom. The third-order valence-electron chi connectivity index (χ3n) is 2.61. The maximum absolute atomic E-state index is 12.4. The van der Waals surface area contributed by atoms with Crippen LogP contribution in [0.15, 0.2) is 24.3 Å². The molecule has 17 heavy (non-hydrogen) atoms. The fourth-order valence-corrected chi connectivity index (χ4v) is 1.96. The van der Waals surface area contributed by atoms with Crippen molar-refractivity contribution in [2.24, 2.45) is 0 Å². The standard InChI is InChI=1S/C13H11FN2O/c1-8-4-11(16)5-9-2-3-10(6-15)13(12(8)9)17-7-14/h2-5H,7,16H2,1H3. The average Bonchev–Trinajstić information content (AvgIpc) is 2.29. The number of nitrogen functional groups attached to an aromatic ring is 1. The summed E-state index contributed by atoms with van der Waals surface area (Å²) in [6, 6.07) is 8.92. The molecule has 0 fully saturated rings. The first-order valence-corrected chi connectivity index (χ1v) is 5.09. The number of fused-ring (bicyclic) bond motifs is 1. The summed E-state index contributed by atoms with van der Waals surface area (Å²) in [4.78, 5) is 0. The molecule has 0 spiro atoms. The highest BCUT2D eigenvalue weighted by molar-refractivity contribution is 5.95. The Labute approximate surface area is 98.2 Å². The molecule has 4 heteroatoms. The Bertz CT molecular complexity index is 617. The predicted molar refractivity (Wildman–Crippen MR) is 64.4 cm³/mol. The Balaban J connectivity index is 2.85. The third-order valence-corrected chi connectivity index (χ3v) is 2.61. The third kappa shape index (κ3) is 1.87. The molecule has 0 amide bonds. The second kappa shape index (κ2) is 4.30. The van der Waals surface area contributed by atoms with Gasteiger partial charge in [0.2, 0.25) is 6.86 Å². The van der Waals surface area contributed by atoms with Crippen LogP contribution in [0.2, 0.25) is 0 Å². The van der Waals surface area contributed by atoms with Gasteiger partial charge in [0.05, 0.1) is 5.56 Å². The van der Waals surface area contributed by atoms with Crippen LogP contribution in [0.5, 0.6) is 5.75 Å². The SMILES string of the molecule is Cc1cc(N)cc2ccc(C#N)c(OCF)c12. The van der Waals surface area contributed by atoms with E-state index in [2.05, 4.69) is 0 Å². The molecule has 2 rings (SSSR count). The zero-order valence-corrected chi connectivity index (χ0v) is 9.33. The summed E-state index contributed by atoms with van der Waals surface area (Å²) >= 11 is 0. The lowest BCUT2D eigenvalue weighted by molar-refractivity contribution is 0.193. The molecule has 86 valence electrons. The van der Waals surface area contributed by atoms with E-state index in [1.165, 1.54) is 0 Å². The van der Waals surface area contributed by atoms with Crippen molar-refractivity contribution in [3.8, 4) is 11.8 Å². The first-order chi connectivity index (χ1) is 8.17. The molecule has 0 saturated carbocycles. The van der Waals surface area contributed by atoms with E-state index < -0.39 is 6.86 Å². The van der Waals surface area contributed by atoms with Crippen LogP contribution in [-0.4, -0.2) is 6.86 Å². The van der Waals surface area contributed by atoms with Crippen molar-refractivity contribution in [2.75, 3.05) is 12.6 Å². The van der Waals surface area contributed by atoms with E-state index in [1.807, 2.05) is 13.0 Å². The summed E-state index contributed by atoms with van der Waals surface area (Å²) in [6.07, 6.45) is 0. The maximum atomic E-state index is 12.4. The largest absolute Gasteiger partial charge is 0.461 e. The number of halogens is 1. The number of nitrogens with zero attached hydrogens (tertiary/aromatic N) is 1. The van der Waals surface area contributed by atoms with Gasteiger partial charge in [-0.3, -0.25) is 0 Å². The Hall–Kier alpha value is -2.28. The highest BCUT2D eigenvalue weighted by atomic mass is 19.1. The number of rotatable bonds is 2. The van der Waals surface area contributed by atoms with E-state index in [-0.39, 0.29) is 5.75 Å². The first kappa shape index (κ1) is 11.2. The smallest absolute Gasteiger partial charge is 0.228 e. The molecule has 0 aliphatic rings. The zero-order chi connectivity index (χ0) is 12.4. The second-order valence-corrected chi connectivity index (χ2v) is 3.74. The number of ether oxygens (including phenoxy) is 1. The van der Waals surface area contributed by atoms with E-state index >= 15 is 0 Å². The Kier molecular flexibility index (Phi) is 2.84. The molecule has 2 aromatic carbocycles. The van der Waals surface area contributed by atoms with Gasteiger partial charge in [-0.2, -0.15) is 5.26 Å². The molecular formula is C13H11FN2O. The number of benzene rings is 2. The van der Waals surface area contributed by atoms with Crippen molar-refractivity contribution in [2.45, 2.75) is 6.92 Å². The number of hydrogen-bond acceptors (Lipinski definition) is 3. The predicted octanol–water partition coefficient (Wildman–Crippen LogP) is 2.91. The highest BCUT2D eigenvalue weighted by Crippen LogP contribution is 2.33. The Morgan fingerprint density at radius 3 is 2.82 bits per heavy atom. The molecule has 2 N–H and O–H groups in total. The molecule has 3 nitrogen and oxygen atoms in total. The number of nitrogens with two attached hydrogens (primary N) is 1. The lowest BCUT2D eigenvalue weighted by Crippen LogP contribution is -1.97.